The van der Waals surface area contributed by atoms with Crippen molar-refractivity contribution in [2.24, 2.45) is 0 Å². The van der Waals surface area contributed by atoms with Crippen LogP contribution in [-0.2, 0) is 40.4 Å². The molecule has 738 valence electrons. The summed E-state index contributed by atoms with van der Waals surface area (Å²) in [6.07, 6.45) is 21.7. The summed E-state index contributed by atoms with van der Waals surface area (Å²) in [6, 6.07) is 30.4. The fourth-order valence-electron chi connectivity index (χ4n) is 17.7. The number of nitrogens with zero attached hydrogens (tertiary/aromatic N) is 36. The average molecular weight is 1940 g/mol. The van der Waals surface area contributed by atoms with E-state index in [1.165, 1.54) is 12.3 Å². The van der Waals surface area contributed by atoms with Gasteiger partial charge in [-0.05, 0) is 145 Å². The molecule has 0 bridgehead atoms. The van der Waals surface area contributed by atoms with Crippen molar-refractivity contribution < 1.29 is 18.6 Å². The second-order valence-electron chi connectivity index (χ2n) is 37.2. The lowest BCUT2D eigenvalue weighted by molar-refractivity contribution is 0.0985. The molecule has 144 heavy (non-hydrogen) atoms. The molecule has 0 amide bonds. The first-order chi connectivity index (χ1) is 69.8. The molecule has 23 rings (SSSR count). The summed E-state index contributed by atoms with van der Waals surface area (Å²) in [7, 11) is 3.95. The van der Waals surface area contributed by atoms with Gasteiger partial charge in [-0.25, -0.2) is 64.2 Å². The van der Waals surface area contributed by atoms with Crippen LogP contribution in [0.15, 0.2) is 165 Å². The van der Waals surface area contributed by atoms with E-state index in [9.17, 15) is 4.39 Å². The van der Waals surface area contributed by atoms with Crippen molar-refractivity contribution in [2.75, 3.05) is 121 Å². The summed E-state index contributed by atoms with van der Waals surface area (Å²) in [5, 5.41) is 47.9. The Labute approximate surface area is 827 Å². The molecule has 20 aromatic rings. The minimum atomic E-state index is -0.377. The van der Waals surface area contributed by atoms with E-state index in [-0.39, 0.29) is 42.1 Å². The van der Waals surface area contributed by atoms with E-state index >= 15 is 0 Å². The molecule has 3 saturated heterocycles. The number of halogens is 1. The predicted octanol–water partition coefficient (Wildman–Crippen LogP) is 12.9. The van der Waals surface area contributed by atoms with Gasteiger partial charge < -0.3 is 73.3 Å². The molecular weight excluding hydrogens is 1830 g/mol. The number of rotatable bonds is 24. The maximum absolute atomic E-state index is 13.6. The standard InChI is InChI=1S/2C26H30N10O.C25H27FN10O.C23H26N10/c2*1-16(2)29-24-26-33-32-18(4)35(26)14-21(30-24)25-31-20-12-28-23(34-9-10-37-15-17(34)3)11-22(20)36(25)13-19-7-5-6-8-27-19;1-15(2)29-23-25-33-32-16(3)35(25)14-20(30-23)24-31-19-12-28-22(34-6-8-37-9-7-34)10-21(19)36(24)13-18-5-4-17(26)11-27-18;1-14(2)26-21-23-30-29-15(3)32(23)13-18(27-21)22-28-17-11-25-20(31(4)5)10-19(17)33(22)12-16-8-6-7-9-24-16/h2*5-8,11-12,14,16-17H,9-10,13,15H2,1-4H3,(H,29,30);4-5,10-12,14-15H,6-9,13H2,1-3H3,(H,29,30);6-11,13-14H,12H2,1-5H3,(H,26,27)/t2*17-;;/m10../s1. The molecular formula is C100H113FN40O3. The minimum Gasteiger partial charge on any atom is -0.378 e. The van der Waals surface area contributed by atoms with E-state index in [0.717, 1.165) is 151 Å². The van der Waals surface area contributed by atoms with E-state index in [1.807, 2.05) is 199 Å². The summed E-state index contributed by atoms with van der Waals surface area (Å²) in [5.74, 6) is 11.7. The minimum absolute atomic E-state index is 0.145. The number of fused-ring (bicyclic) bond motifs is 8. The Kier molecular flexibility index (Phi) is 27.0. The lowest BCUT2D eigenvalue weighted by Gasteiger charge is -2.34. The van der Waals surface area contributed by atoms with Crippen molar-refractivity contribution >= 4 is 113 Å². The maximum atomic E-state index is 13.6. The molecule has 4 N–H and O–H groups in total. The van der Waals surface area contributed by atoms with Crippen LogP contribution in [-0.4, -0.2) is 273 Å². The van der Waals surface area contributed by atoms with Crippen LogP contribution >= 0.6 is 0 Å². The van der Waals surface area contributed by atoms with E-state index in [1.54, 1.807) is 24.7 Å². The Hall–Kier alpha value is -16.5. The number of aromatic nitrogens is 32. The number of morpholine rings is 3. The first kappa shape index (κ1) is 95.1. The van der Waals surface area contributed by atoms with Crippen molar-refractivity contribution in [3.8, 4) is 46.1 Å². The fourth-order valence-corrected chi connectivity index (χ4v) is 17.7. The first-order valence-electron chi connectivity index (χ1n) is 48.2. The Morgan fingerprint density at radius 3 is 0.986 bits per heavy atom. The molecule has 3 aliphatic rings. The highest BCUT2D eigenvalue weighted by Gasteiger charge is 2.31. The normalized spacial score (nSPS) is 14.7. The molecule has 20 aromatic heterocycles. The van der Waals surface area contributed by atoms with Crippen LogP contribution in [0.2, 0.25) is 0 Å². The Bertz CT molecular complexity index is 7620. The molecule has 0 aromatic carbocycles. The van der Waals surface area contributed by atoms with Crippen molar-refractivity contribution in [1.29, 1.82) is 0 Å². The van der Waals surface area contributed by atoms with Gasteiger partial charge in [-0.15, -0.1) is 40.8 Å². The fraction of sp³-hybridized carbons (Fsp3) is 0.360. The van der Waals surface area contributed by atoms with Crippen LogP contribution in [0.1, 0.15) is 115 Å². The topological polar surface area (TPSA) is 435 Å². The zero-order valence-corrected chi connectivity index (χ0v) is 83.2. The third-order valence-electron chi connectivity index (χ3n) is 24.7. The number of aryl methyl sites for hydroxylation is 4. The van der Waals surface area contributed by atoms with Gasteiger partial charge in [0.1, 0.15) is 97.2 Å². The number of imidazole rings is 4. The maximum Gasteiger partial charge on any atom is 0.203 e. The second-order valence-corrected chi connectivity index (χ2v) is 37.2. The van der Waals surface area contributed by atoms with Gasteiger partial charge in [0.15, 0.2) is 46.6 Å². The summed E-state index contributed by atoms with van der Waals surface area (Å²) in [4.78, 5) is 85.1. The largest absolute Gasteiger partial charge is 0.378 e. The summed E-state index contributed by atoms with van der Waals surface area (Å²) in [5.41, 5.74) is 15.9. The van der Waals surface area contributed by atoms with Crippen LogP contribution in [0.3, 0.4) is 0 Å². The number of nitrogens with one attached hydrogen (secondary N) is 4. The van der Waals surface area contributed by atoms with Crippen molar-refractivity contribution in [2.45, 2.75) is 159 Å². The quantitative estimate of drug-likeness (QED) is 0.0436. The average Bonchev–Trinajstić information content (AvgIpc) is 1.60. The van der Waals surface area contributed by atoms with Crippen LogP contribution in [0.4, 0.5) is 50.9 Å². The molecule has 44 heteroatoms. The smallest absolute Gasteiger partial charge is 0.203 e. The molecule has 0 saturated carbocycles. The lowest BCUT2D eigenvalue weighted by Crippen LogP contribution is -2.44. The number of hydrogen-bond acceptors (Lipinski definition) is 35. The van der Waals surface area contributed by atoms with Crippen LogP contribution < -0.4 is 40.9 Å². The number of hydrogen-bond donors (Lipinski definition) is 4. The first-order valence-corrected chi connectivity index (χ1v) is 48.2. The zero-order valence-electron chi connectivity index (χ0n) is 83.2. The monoisotopic (exact) mass is 1940 g/mol. The third kappa shape index (κ3) is 20.0. The van der Waals surface area contributed by atoms with Gasteiger partial charge in [0, 0.05) is 132 Å². The lowest BCUT2D eigenvalue weighted by atomic mass is 10.2. The van der Waals surface area contributed by atoms with Gasteiger partial charge >= 0.3 is 0 Å². The van der Waals surface area contributed by atoms with E-state index in [0.29, 0.717) is 146 Å². The molecule has 23 heterocycles. The van der Waals surface area contributed by atoms with Gasteiger partial charge in [-0.3, -0.25) is 37.5 Å². The zero-order chi connectivity index (χ0) is 99.7. The Balaban J connectivity index is 0.000000117. The highest BCUT2D eigenvalue weighted by Crippen LogP contribution is 2.37. The van der Waals surface area contributed by atoms with Crippen LogP contribution in [0.5, 0.6) is 0 Å². The highest BCUT2D eigenvalue weighted by atomic mass is 19.1. The molecule has 2 atom stereocenters. The van der Waals surface area contributed by atoms with Gasteiger partial charge in [-0.1, -0.05) is 18.2 Å². The van der Waals surface area contributed by atoms with E-state index < -0.39 is 0 Å². The SMILES string of the molecule is Cc1nnc2c(NC(C)C)nc(-c3nc4cnc(N(C)C)cc4n3Cc3ccccn3)cn12.Cc1nnc2c(NC(C)C)nc(-c3nc4cnc(N5CCOCC5)cc4n3Cc3ccc(F)cn3)cn12.Cc1nnc2c(NC(C)C)nc(-c3nc4cnc(N5CCOC[C@@H]5C)cc4n3Cc3ccccn3)cn12.Cc1nnc2c(NC(C)C)nc(-c3nc4cnc(N5CCOC[C@H]5C)cc4n3Cc3ccccn3)cn12. The van der Waals surface area contributed by atoms with Crippen molar-refractivity contribution in [3.05, 3.63) is 217 Å². The Morgan fingerprint density at radius 1 is 0.354 bits per heavy atom. The predicted molar refractivity (Wildman–Crippen MR) is 549 cm³/mol. The van der Waals surface area contributed by atoms with Gasteiger partial charge in [0.2, 0.25) is 22.6 Å². The van der Waals surface area contributed by atoms with Gasteiger partial charge in [0.05, 0.1) is 154 Å². The number of ether oxygens (including phenoxy) is 3. The van der Waals surface area contributed by atoms with Crippen LogP contribution in [0.25, 0.3) is 113 Å². The third-order valence-corrected chi connectivity index (χ3v) is 24.7. The molecule has 3 aliphatic heterocycles. The number of pyridine rings is 8. The molecule has 0 spiro atoms. The van der Waals surface area contributed by atoms with E-state index in [2.05, 4.69) is 188 Å². The number of anilines is 8. The molecule has 0 unspecified atom stereocenters. The van der Waals surface area contributed by atoms with Crippen molar-refractivity contribution in [3.63, 3.8) is 0 Å². The second kappa shape index (κ2) is 41.0. The van der Waals surface area contributed by atoms with E-state index in [4.69, 9.17) is 64.1 Å². The van der Waals surface area contributed by atoms with Crippen LogP contribution in [0, 0.1) is 33.5 Å². The summed E-state index contributed by atoms with van der Waals surface area (Å²) < 4.78 is 46.7. The summed E-state index contributed by atoms with van der Waals surface area (Å²) >= 11 is 0. The van der Waals surface area contributed by atoms with Crippen molar-refractivity contribution in [1.82, 2.24) is 156 Å². The molecule has 3 fully saturated rings. The molecule has 0 radical (unpaired) electrons. The molecule has 43 nitrogen and oxygen atoms in total. The highest BCUT2D eigenvalue weighted by molar-refractivity contribution is 5.87. The summed E-state index contributed by atoms with van der Waals surface area (Å²) in [6.45, 7) is 37.8. The van der Waals surface area contributed by atoms with Gasteiger partial charge in [0.25, 0.3) is 0 Å². The Morgan fingerprint density at radius 2 is 0.674 bits per heavy atom. The van der Waals surface area contributed by atoms with Gasteiger partial charge in [-0.2, -0.15) is 0 Å². The molecule has 0 aliphatic carbocycles.